The molecule has 1 aromatic rings. The minimum atomic E-state index is -0.917. The Hall–Kier alpha value is -1.43. The molecule has 118 valence electrons. The smallest absolute Gasteiger partial charge is 0.337 e. The van der Waals surface area contributed by atoms with E-state index in [2.05, 4.69) is 11.1 Å². The normalized spacial score (nSPS) is 11.5. The van der Waals surface area contributed by atoms with Gasteiger partial charge >= 0.3 is 5.97 Å². The van der Waals surface area contributed by atoms with Crippen molar-refractivity contribution in [3.8, 4) is 0 Å². The summed E-state index contributed by atoms with van der Waals surface area (Å²) in [7, 11) is 0. The predicted molar refractivity (Wildman–Crippen MR) is 86.7 cm³/mol. The molecule has 0 aliphatic heterocycles. The highest BCUT2D eigenvalue weighted by molar-refractivity contribution is 7.07. The van der Waals surface area contributed by atoms with Gasteiger partial charge < -0.3 is 9.47 Å². The van der Waals surface area contributed by atoms with E-state index in [1.807, 2.05) is 17.5 Å². The fourth-order valence-electron chi connectivity index (χ4n) is 1.67. The summed E-state index contributed by atoms with van der Waals surface area (Å²) in [5.74, 6) is -0.347. The van der Waals surface area contributed by atoms with Crippen molar-refractivity contribution in [1.29, 1.82) is 0 Å². The number of thiazole rings is 1. The summed E-state index contributed by atoms with van der Waals surface area (Å²) in [5, 5.41) is 5.35. The van der Waals surface area contributed by atoms with Gasteiger partial charge in [0.05, 0.1) is 24.4 Å². The maximum absolute atomic E-state index is 11.5. The van der Waals surface area contributed by atoms with Crippen molar-refractivity contribution in [2.24, 2.45) is 0 Å². The summed E-state index contributed by atoms with van der Waals surface area (Å²) in [5.41, 5.74) is 1.65. The lowest BCUT2D eigenvalue weighted by molar-refractivity contribution is -0.169. The fraction of sp³-hybridized carbons (Fsp3) is 0.375. The van der Waals surface area contributed by atoms with E-state index in [-0.39, 0.29) is 5.97 Å². The highest BCUT2D eigenvalue weighted by Crippen LogP contribution is 2.20. The van der Waals surface area contributed by atoms with Crippen molar-refractivity contribution in [2.75, 3.05) is 6.61 Å². The minimum absolute atomic E-state index is 0.329. The van der Waals surface area contributed by atoms with Gasteiger partial charge in [0.25, 0.3) is 0 Å². The average Bonchev–Trinajstić information content (AvgIpc) is 2.96. The summed E-state index contributed by atoms with van der Waals surface area (Å²) in [6.45, 7) is 5.85. The van der Waals surface area contributed by atoms with E-state index in [0.29, 0.717) is 13.2 Å². The van der Waals surface area contributed by atoms with Crippen molar-refractivity contribution in [3.63, 3.8) is 0 Å². The lowest BCUT2D eigenvalue weighted by Crippen LogP contribution is -2.36. The monoisotopic (exact) mass is 339 g/mol. The molecule has 0 radical (unpaired) electrons. The van der Waals surface area contributed by atoms with E-state index in [1.54, 1.807) is 26.3 Å². The lowest BCUT2D eigenvalue weighted by atomic mass is 10.1. The molecular weight excluding hydrogens is 322 g/mol. The molecule has 1 aromatic heterocycles. The molecule has 4 nitrogen and oxygen atoms in total. The molecule has 3 rings (SSSR count). The number of ether oxygens (including phenoxy) is 2. The van der Waals surface area contributed by atoms with E-state index < -0.39 is 5.60 Å². The van der Waals surface area contributed by atoms with Crippen LogP contribution in [-0.2, 0) is 20.9 Å². The number of hydrogen-bond acceptors (Lipinski definition) is 5. The van der Waals surface area contributed by atoms with Crippen LogP contribution in [0.1, 0.15) is 26.5 Å². The first-order valence-electron chi connectivity index (χ1n) is 6.92. The van der Waals surface area contributed by atoms with Gasteiger partial charge in [0, 0.05) is 15.6 Å². The number of halogens is 1. The molecular formula is C16H18ClNO3S. The van der Waals surface area contributed by atoms with Crippen LogP contribution in [0.15, 0.2) is 29.1 Å². The van der Waals surface area contributed by atoms with Crippen LogP contribution in [0.25, 0.3) is 0 Å². The van der Waals surface area contributed by atoms with E-state index in [4.69, 9.17) is 21.1 Å². The number of rotatable bonds is 5. The third kappa shape index (κ3) is 4.06. The lowest BCUT2D eigenvalue weighted by Gasteiger charge is -2.22. The summed E-state index contributed by atoms with van der Waals surface area (Å²) in [6, 6.07) is 6.05. The van der Waals surface area contributed by atoms with Crippen LogP contribution in [0, 0.1) is 10.4 Å². The SMILES string of the molecule is CCOC(=O)C(C)(C)OCc1cscn1.Clc1cc2ccc1=2. The molecule has 6 heteroatoms. The molecule has 0 bridgehead atoms. The molecule has 0 aromatic carbocycles. The summed E-state index contributed by atoms with van der Waals surface area (Å²) in [4.78, 5) is 15.5. The molecule has 0 saturated carbocycles. The van der Waals surface area contributed by atoms with Gasteiger partial charge in [0.2, 0.25) is 0 Å². The second-order valence-electron chi connectivity index (χ2n) is 5.19. The summed E-state index contributed by atoms with van der Waals surface area (Å²) >= 11 is 7.10. The number of carbonyl (C=O) groups excluding carboxylic acids is 1. The van der Waals surface area contributed by atoms with Crippen LogP contribution in [-0.4, -0.2) is 23.2 Å². The highest BCUT2D eigenvalue weighted by Gasteiger charge is 2.30. The van der Waals surface area contributed by atoms with Crippen LogP contribution in [0.2, 0.25) is 5.02 Å². The Kier molecular flexibility index (Phi) is 5.56. The minimum Gasteiger partial charge on any atom is -0.464 e. The van der Waals surface area contributed by atoms with E-state index in [9.17, 15) is 4.79 Å². The van der Waals surface area contributed by atoms with Gasteiger partial charge in [0.1, 0.15) is 0 Å². The molecule has 0 atom stereocenters. The Labute approximate surface area is 138 Å². The number of aromatic nitrogens is 1. The van der Waals surface area contributed by atoms with Crippen LogP contribution in [0.3, 0.4) is 0 Å². The van der Waals surface area contributed by atoms with Crippen molar-refractivity contribution in [3.05, 3.63) is 50.2 Å². The molecule has 0 unspecified atom stereocenters. The van der Waals surface area contributed by atoms with Crippen molar-refractivity contribution in [1.82, 2.24) is 4.98 Å². The Morgan fingerprint density at radius 3 is 2.55 bits per heavy atom. The Balaban J connectivity index is 0.000000205. The summed E-state index contributed by atoms with van der Waals surface area (Å²) < 4.78 is 10.4. The van der Waals surface area contributed by atoms with Gasteiger partial charge in [-0.05, 0) is 32.1 Å². The van der Waals surface area contributed by atoms with Crippen molar-refractivity contribution in [2.45, 2.75) is 33.0 Å². The van der Waals surface area contributed by atoms with Crippen LogP contribution in [0.4, 0.5) is 0 Å². The van der Waals surface area contributed by atoms with Gasteiger partial charge in [-0.2, -0.15) is 0 Å². The van der Waals surface area contributed by atoms with Crippen LogP contribution < -0.4 is 0 Å². The first-order chi connectivity index (χ1) is 10.4. The second-order valence-corrected chi connectivity index (χ2v) is 6.32. The molecule has 2 aliphatic carbocycles. The van der Waals surface area contributed by atoms with Crippen molar-refractivity contribution < 1.29 is 14.3 Å². The van der Waals surface area contributed by atoms with Gasteiger partial charge in [-0.3, -0.25) is 0 Å². The number of carbonyl (C=O) groups is 1. The topological polar surface area (TPSA) is 48.4 Å². The molecule has 0 N–H and O–H groups in total. The first-order valence-corrected chi connectivity index (χ1v) is 8.24. The van der Waals surface area contributed by atoms with E-state index >= 15 is 0 Å². The average molecular weight is 340 g/mol. The van der Waals surface area contributed by atoms with Gasteiger partial charge in [-0.25, -0.2) is 9.78 Å². The van der Waals surface area contributed by atoms with Crippen LogP contribution in [0.5, 0.6) is 0 Å². The Morgan fingerprint density at radius 1 is 1.41 bits per heavy atom. The van der Waals surface area contributed by atoms with Crippen LogP contribution >= 0.6 is 22.9 Å². The standard InChI is InChI=1S/C10H15NO3S.C6H3Cl/c1-4-13-9(12)10(2,3)14-5-8-6-15-7-11-8;7-6-3-4-1-2-5(4)6/h6-7H,4-5H2,1-3H3;1-3H. The van der Waals surface area contributed by atoms with E-state index in [1.165, 1.54) is 21.8 Å². The van der Waals surface area contributed by atoms with Gasteiger partial charge in [-0.1, -0.05) is 23.7 Å². The Morgan fingerprint density at radius 2 is 2.18 bits per heavy atom. The number of benzene rings is 1. The van der Waals surface area contributed by atoms with E-state index in [0.717, 1.165) is 10.7 Å². The number of esters is 1. The molecule has 0 amide bonds. The zero-order valence-corrected chi connectivity index (χ0v) is 14.3. The molecule has 0 spiro atoms. The zero-order chi connectivity index (χ0) is 16.2. The maximum Gasteiger partial charge on any atom is 0.337 e. The van der Waals surface area contributed by atoms with Gasteiger partial charge in [-0.15, -0.1) is 11.3 Å². The zero-order valence-electron chi connectivity index (χ0n) is 12.8. The largest absolute Gasteiger partial charge is 0.464 e. The molecule has 0 saturated heterocycles. The third-order valence-electron chi connectivity index (χ3n) is 3.11. The van der Waals surface area contributed by atoms with Gasteiger partial charge in [0.15, 0.2) is 5.60 Å². The Bertz CT molecular complexity index is 728. The third-order valence-corrected chi connectivity index (χ3v) is 4.06. The predicted octanol–water partition coefficient (Wildman–Crippen LogP) is 3.94. The number of nitrogens with zero attached hydrogens (tertiary/aromatic N) is 1. The maximum atomic E-state index is 11.5. The highest BCUT2D eigenvalue weighted by atomic mass is 35.5. The number of hydrogen-bond donors (Lipinski definition) is 0. The fourth-order valence-corrected chi connectivity index (χ4v) is 2.50. The quantitative estimate of drug-likeness (QED) is 0.660. The summed E-state index contributed by atoms with van der Waals surface area (Å²) in [6.07, 6.45) is 0. The second kappa shape index (κ2) is 7.22. The molecule has 1 heterocycles. The molecule has 2 aliphatic rings. The molecule has 22 heavy (non-hydrogen) atoms. The molecule has 0 fully saturated rings. The van der Waals surface area contributed by atoms with Crippen molar-refractivity contribution >= 4 is 28.9 Å². The first kappa shape index (κ1) is 16.9.